The number of carbonyl (C=O) groups excluding carboxylic acids is 1. The van der Waals surface area contributed by atoms with Gasteiger partial charge in [-0.2, -0.15) is 26.3 Å². The summed E-state index contributed by atoms with van der Waals surface area (Å²) in [5.41, 5.74) is -0.0795. The van der Waals surface area contributed by atoms with E-state index in [2.05, 4.69) is 0 Å². The number of hydrogen-bond acceptors (Lipinski definition) is 5. The van der Waals surface area contributed by atoms with E-state index in [0.29, 0.717) is 34.7 Å². The number of aliphatic hydroxyl groups excluding tert-OH is 1. The summed E-state index contributed by atoms with van der Waals surface area (Å²) in [6.45, 7) is 1.41. The van der Waals surface area contributed by atoms with Crippen molar-refractivity contribution < 1.29 is 45.7 Å². The minimum absolute atomic E-state index is 0.00535. The van der Waals surface area contributed by atoms with Crippen LogP contribution < -0.4 is 4.74 Å². The molecule has 1 N–H and O–H groups in total. The maximum atomic E-state index is 13.5. The largest absolute Gasteiger partial charge is 0.496 e. The second kappa shape index (κ2) is 10.7. The highest BCUT2D eigenvalue weighted by molar-refractivity contribution is 5.76. The molecular weight excluding hydrogens is 590 g/mol. The molecule has 2 aliphatic carbocycles. The Labute approximate surface area is 249 Å². The van der Waals surface area contributed by atoms with Crippen LogP contribution in [0.5, 0.6) is 5.75 Å². The molecule has 3 aliphatic rings. The van der Waals surface area contributed by atoms with Crippen LogP contribution in [0.15, 0.2) is 48.5 Å². The Morgan fingerprint density at radius 1 is 0.977 bits per heavy atom. The molecule has 0 unspecified atom stereocenters. The number of amides is 1. The molecule has 0 bridgehead atoms. The number of aliphatic hydroxyl groups is 1. The lowest BCUT2D eigenvalue weighted by Crippen LogP contribution is -2.32. The van der Waals surface area contributed by atoms with E-state index in [4.69, 9.17) is 14.5 Å². The fraction of sp³-hybridized carbons (Fsp3) is 0.438. The summed E-state index contributed by atoms with van der Waals surface area (Å²) in [7, 11) is 1.53. The van der Waals surface area contributed by atoms with Gasteiger partial charge in [-0.25, -0.2) is 4.79 Å². The highest BCUT2D eigenvalue weighted by atomic mass is 19.4. The van der Waals surface area contributed by atoms with Crippen LogP contribution >= 0.6 is 0 Å². The number of nitrogens with zero attached hydrogens (tertiary/aromatic N) is 2. The zero-order chi connectivity index (χ0) is 31.6. The zero-order valence-electron chi connectivity index (χ0n) is 23.9. The number of rotatable bonds is 8. The molecule has 6 nitrogen and oxygen atoms in total. The first-order chi connectivity index (χ1) is 20.7. The molecule has 12 heteroatoms. The molecule has 0 spiro atoms. The molecule has 2 saturated carbocycles. The fourth-order valence-corrected chi connectivity index (χ4v) is 5.89. The van der Waals surface area contributed by atoms with Crippen LogP contribution in [0.25, 0.3) is 11.1 Å². The van der Waals surface area contributed by atoms with Gasteiger partial charge in [-0.05, 0) is 80.1 Å². The number of alkyl halides is 6. The molecule has 1 aliphatic heterocycles. The minimum Gasteiger partial charge on any atom is -0.496 e. The Balaban J connectivity index is 1.38. The monoisotopic (exact) mass is 620 g/mol. The van der Waals surface area contributed by atoms with Gasteiger partial charge in [0.15, 0.2) is 0 Å². The van der Waals surface area contributed by atoms with E-state index >= 15 is 0 Å². The predicted octanol–water partition coefficient (Wildman–Crippen LogP) is 7.78. The molecule has 3 fully saturated rings. The summed E-state index contributed by atoms with van der Waals surface area (Å²) in [5.74, 6) is 0.810. The van der Waals surface area contributed by atoms with Crippen LogP contribution in [0, 0.1) is 0 Å². The van der Waals surface area contributed by atoms with Gasteiger partial charge < -0.3 is 14.6 Å². The average Bonchev–Trinajstić information content (AvgIpc) is 3.91. The molecule has 1 aromatic heterocycles. The zero-order valence-corrected chi connectivity index (χ0v) is 23.9. The third-order valence-corrected chi connectivity index (χ3v) is 8.90. The summed E-state index contributed by atoms with van der Waals surface area (Å²) < 4.78 is 92.4. The summed E-state index contributed by atoms with van der Waals surface area (Å²) >= 11 is 0. The standard InChI is InChI=1S/C32H30F6N2O4/c1-17-28(19-11-21(31(33,34)35)13-22(12-19)32(36,37)38)44-29(42)40(17)15-26-23(6-7-25(39-26)18-3-4-18)24-14-20(5-8-27(24)43-2)30(16-41)9-10-30/h5-8,11-14,17-18,28,41H,3-4,9-10,15-16H2,1-2H3/t17-,28-/m0/s1. The Morgan fingerprint density at radius 3 is 2.18 bits per heavy atom. The van der Waals surface area contributed by atoms with Crippen LogP contribution in [0.2, 0.25) is 0 Å². The molecule has 3 aromatic rings. The first-order valence-electron chi connectivity index (χ1n) is 14.3. The van der Waals surface area contributed by atoms with Gasteiger partial charge in [-0.15, -0.1) is 0 Å². The lowest BCUT2D eigenvalue weighted by atomic mass is 9.91. The number of carbonyl (C=O) groups is 1. The van der Waals surface area contributed by atoms with Crippen molar-refractivity contribution in [1.29, 1.82) is 0 Å². The quantitative estimate of drug-likeness (QED) is 0.261. The maximum Gasteiger partial charge on any atom is 0.416 e. The van der Waals surface area contributed by atoms with Crippen molar-refractivity contribution >= 4 is 6.09 Å². The highest BCUT2D eigenvalue weighted by Gasteiger charge is 2.45. The van der Waals surface area contributed by atoms with Crippen molar-refractivity contribution in [3.63, 3.8) is 0 Å². The normalized spacial score (nSPS) is 21.4. The van der Waals surface area contributed by atoms with E-state index < -0.39 is 47.3 Å². The number of ether oxygens (including phenoxy) is 2. The first kappa shape index (κ1) is 30.2. The van der Waals surface area contributed by atoms with Gasteiger partial charge in [0, 0.05) is 28.2 Å². The van der Waals surface area contributed by atoms with Crippen molar-refractivity contribution in [2.24, 2.45) is 0 Å². The number of pyridine rings is 1. The van der Waals surface area contributed by atoms with Crippen molar-refractivity contribution in [2.75, 3.05) is 13.7 Å². The van der Waals surface area contributed by atoms with Gasteiger partial charge in [-0.1, -0.05) is 12.1 Å². The van der Waals surface area contributed by atoms with Crippen LogP contribution in [-0.2, 0) is 29.0 Å². The van der Waals surface area contributed by atoms with E-state index in [0.717, 1.165) is 36.9 Å². The van der Waals surface area contributed by atoms with Crippen LogP contribution in [0.1, 0.15) is 78.3 Å². The maximum absolute atomic E-state index is 13.5. The smallest absolute Gasteiger partial charge is 0.416 e. The Bertz CT molecular complexity index is 1560. The predicted molar refractivity (Wildman–Crippen MR) is 147 cm³/mol. The van der Waals surface area contributed by atoms with Crippen molar-refractivity contribution in [1.82, 2.24) is 9.88 Å². The molecule has 44 heavy (non-hydrogen) atoms. The van der Waals surface area contributed by atoms with Gasteiger partial charge in [0.1, 0.15) is 11.9 Å². The number of methoxy groups -OCH3 is 1. The van der Waals surface area contributed by atoms with E-state index in [1.54, 1.807) is 0 Å². The molecule has 2 heterocycles. The molecule has 6 rings (SSSR count). The third-order valence-electron chi connectivity index (χ3n) is 8.90. The van der Waals surface area contributed by atoms with E-state index in [9.17, 15) is 36.2 Å². The SMILES string of the molecule is COc1ccc(C2(CO)CC2)cc1-c1ccc(C2CC2)nc1CN1C(=O)O[C@H](c2cc(C(F)(F)F)cc(C(F)(F)F)c2)[C@@H]1C. The Kier molecular flexibility index (Phi) is 7.34. The molecule has 2 atom stereocenters. The molecule has 1 amide bonds. The van der Waals surface area contributed by atoms with Gasteiger partial charge in [-0.3, -0.25) is 9.88 Å². The van der Waals surface area contributed by atoms with Gasteiger partial charge in [0.05, 0.1) is 43.1 Å². The van der Waals surface area contributed by atoms with Crippen molar-refractivity contribution in [3.8, 4) is 16.9 Å². The minimum atomic E-state index is -5.04. The summed E-state index contributed by atoms with van der Waals surface area (Å²) in [5, 5.41) is 10.0. The van der Waals surface area contributed by atoms with E-state index in [1.165, 1.54) is 18.9 Å². The number of benzene rings is 2. The summed E-state index contributed by atoms with van der Waals surface area (Å²) in [6, 6.07) is 9.79. The van der Waals surface area contributed by atoms with Gasteiger partial charge >= 0.3 is 18.4 Å². The number of aromatic nitrogens is 1. The molecule has 234 valence electrons. The number of cyclic esters (lactones) is 1. The Hall–Kier alpha value is -3.80. The molecule has 1 saturated heterocycles. The van der Waals surface area contributed by atoms with Crippen LogP contribution in [0.4, 0.5) is 31.1 Å². The van der Waals surface area contributed by atoms with Gasteiger partial charge in [0.25, 0.3) is 0 Å². The molecule has 0 radical (unpaired) electrons. The van der Waals surface area contributed by atoms with Crippen LogP contribution in [-0.4, -0.2) is 40.8 Å². The average molecular weight is 621 g/mol. The van der Waals surface area contributed by atoms with E-state index in [-0.39, 0.29) is 30.6 Å². The topological polar surface area (TPSA) is 71.9 Å². The second-order valence-corrected chi connectivity index (χ2v) is 11.9. The van der Waals surface area contributed by atoms with Gasteiger partial charge in [0.2, 0.25) is 0 Å². The lowest BCUT2D eigenvalue weighted by Gasteiger charge is -2.24. The number of halogens is 6. The Morgan fingerprint density at radius 2 is 1.64 bits per heavy atom. The van der Waals surface area contributed by atoms with Crippen molar-refractivity contribution in [2.45, 2.75) is 75.0 Å². The fourth-order valence-electron chi connectivity index (χ4n) is 5.89. The molecule has 2 aromatic carbocycles. The van der Waals surface area contributed by atoms with Crippen LogP contribution in [0.3, 0.4) is 0 Å². The summed E-state index contributed by atoms with van der Waals surface area (Å²) in [6.07, 6.45) is -8.72. The second-order valence-electron chi connectivity index (χ2n) is 11.9. The number of hydrogen-bond donors (Lipinski definition) is 1. The van der Waals surface area contributed by atoms with Crippen molar-refractivity contribution in [3.05, 3.63) is 82.2 Å². The van der Waals surface area contributed by atoms with E-state index in [1.807, 2.05) is 30.3 Å². The first-order valence-corrected chi connectivity index (χ1v) is 14.3. The summed E-state index contributed by atoms with van der Waals surface area (Å²) in [4.78, 5) is 19.3. The highest BCUT2D eigenvalue weighted by Crippen LogP contribution is 2.50. The molecular formula is C32H30F6N2O4. The third kappa shape index (κ3) is 5.60. The lowest BCUT2D eigenvalue weighted by molar-refractivity contribution is -0.143.